The van der Waals surface area contributed by atoms with E-state index in [9.17, 15) is 26.4 Å². The highest BCUT2D eigenvalue weighted by Gasteiger charge is 2.33. The molecule has 146 valence electrons. The molecule has 0 unspecified atom stereocenters. The second-order valence-electron chi connectivity index (χ2n) is 6.30. The largest absolute Gasteiger partial charge is 0.417 e. The average Bonchev–Trinajstić information content (AvgIpc) is 3.05. The highest BCUT2D eigenvalue weighted by atomic mass is 35.5. The van der Waals surface area contributed by atoms with Crippen molar-refractivity contribution in [3.63, 3.8) is 0 Å². The van der Waals surface area contributed by atoms with Gasteiger partial charge in [-0.05, 0) is 31.5 Å². The van der Waals surface area contributed by atoms with Gasteiger partial charge in [-0.2, -0.15) is 13.2 Å². The van der Waals surface area contributed by atoms with E-state index in [-0.39, 0.29) is 22.8 Å². The van der Waals surface area contributed by atoms with Gasteiger partial charge in [-0.3, -0.25) is 14.9 Å². The molecular weight excluding hydrogens is 407 g/mol. The van der Waals surface area contributed by atoms with Gasteiger partial charge < -0.3 is 0 Å². The number of hydrogen-bond donors (Lipinski definition) is 1. The van der Waals surface area contributed by atoms with Crippen molar-refractivity contribution >= 4 is 33.3 Å². The second-order valence-corrected chi connectivity index (χ2v) is 8.94. The Labute approximate surface area is 157 Å². The molecule has 1 saturated heterocycles. The van der Waals surface area contributed by atoms with Crippen molar-refractivity contribution in [2.45, 2.75) is 25.6 Å². The van der Waals surface area contributed by atoms with E-state index >= 15 is 0 Å². The number of H-pyrrole nitrogens is 1. The van der Waals surface area contributed by atoms with Gasteiger partial charge in [-0.25, -0.2) is 13.1 Å². The van der Waals surface area contributed by atoms with Crippen LogP contribution in [-0.4, -0.2) is 35.9 Å². The highest BCUT2D eigenvalue weighted by molar-refractivity contribution is 7.91. The third-order valence-corrected chi connectivity index (χ3v) is 6.39. The van der Waals surface area contributed by atoms with Crippen molar-refractivity contribution < 1.29 is 21.6 Å². The summed E-state index contributed by atoms with van der Waals surface area (Å²) in [6.45, 7) is 1.60. The van der Waals surface area contributed by atoms with Gasteiger partial charge in [-0.1, -0.05) is 11.6 Å². The van der Waals surface area contributed by atoms with Gasteiger partial charge in [0.2, 0.25) is 0 Å². The molecule has 0 amide bonds. The van der Waals surface area contributed by atoms with Crippen molar-refractivity contribution in [2.75, 3.05) is 11.5 Å². The van der Waals surface area contributed by atoms with Crippen molar-refractivity contribution in [2.24, 2.45) is 4.99 Å². The second kappa shape index (κ2) is 6.83. The zero-order chi connectivity index (χ0) is 20.0. The topological polar surface area (TPSA) is 84.3 Å². The van der Waals surface area contributed by atoms with Crippen LogP contribution in [0.3, 0.4) is 0 Å². The van der Waals surface area contributed by atoms with Gasteiger partial charge in [0.1, 0.15) is 0 Å². The number of halogens is 4. The van der Waals surface area contributed by atoms with Gasteiger partial charge in [-0.15, -0.1) is 0 Å². The monoisotopic (exact) mass is 421 g/mol. The van der Waals surface area contributed by atoms with Crippen LogP contribution < -0.4 is 5.56 Å². The molecule has 1 fully saturated rings. The van der Waals surface area contributed by atoms with E-state index in [1.807, 2.05) is 0 Å². The van der Waals surface area contributed by atoms with Crippen molar-refractivity contribution in [1.82, 2.24) is 9.78 Å². The standard InChI is InChI=1S/C16H15ClF3N3O3S/c1-9-12(15(24)23(22-9)11-4-5-27(25,26)8-11)7-21-10-2-3-14(17)13(6-10)16(18,19)20/h2-3,6-7,11,22H,4-5,8H2,1H3/t11-/m0/s1. The molecule has 0 bridgehead atoms. The first-order valence-corrected chi connectivity index (χ1v) is 10.1. The molecule has 1 aliphatic rings. The predicted octanol–water partition coefficient (Wildman–Crippen LogP) is 3.27. The molecule has 0 aliphatic carbocycles. The van der Waals surface area contributed by atoms with E-state index in [0.717, 1.165) is 18.3 Å². The van der Waals surface area contributed by atoms with Gasteiger partial charge in [0.15, 0.2) is 9.84 Å². The number of aromatic amines is 1. The van der Waals surface area contributed by atoms with E-state index in [1.54, 1.807) is 6.92 Å². The Bertz CT molecular complexity index is 1070. The number of aliphatic imine (C=N–C) groups is 1. The summed E-state index contributed by atoms with van der Waals surface area (Å²) in [4.78, 5) is 16.5. The third-order valence-electron chi connectivity index (χ3n) is 4.31. The molecule has 0 saturated carbocycles. The molecule has 6 nitrogen and oxygen atoms in total. The molecular formula is C16H15ClF3N3O3S. The van der Waals surface area contributed by atoms with E-state index in [0.29, 0.717) is 12.1 Å². The van der Waals surface area contributed by atoms with Crippen molar-refractivity contribution in [1.29, 1.82) is 0 Å². The molecule has 3 rings (SSSR count). The summed E-state index contributed by atoms with van der Waals surface area (Å²) in [5, 5.41) is 2.38. The van der Waals surface area contributed by atoms with Crippen LogP contribution in [0.25, 0.3) is 0 Å². The number of nitrogens with zero attached hydrogens (tertiary/aromatic N) is 2. The van der Waals surface area contributed by atoms with Crippen LogP contribution in [0, 0.1) is 6.92 Å². The predicted molar refractivity (Wildman–Crippen MR) is 95.8 cm³/mol. The lowest BCUT2D eigenvalue weighted by Crippen LogP contribution is -2.25. The molecule has 1 aromatic heterocycles. The Balaban J connectivity index is 1.92. The van der Waals surface area contributed by atoms with E-state index in [4.69, 9.17) is 11.6 Å². The summed E-state index contributed by atoms with van der Waals surface area (Å²) in [6.07, 6.45) is -3.13. The number of hydrogen-bond acceptors (Lipinski definition) is 4. The third kappa shape index (κ3) is 4.11. The number of alkyl halides is 3. The molecule has 0 radical (unpaired) electrons. The zero-order valence-corrected chi connectivity index (χ0v) is 15.6. The van der Waals surface area contributed by atoms with Crippen molar-refractivity contribution in [3.8, 4) is 0 Å². The highest BCUT2D eigenvalue weighted by Crippen LogP contribution is 2.36. The fourth-order valence-electron chi connectivity index (χ4n) is 2.92. The van der Waals surface area contributed by atoms with E-state index in [1.165, 1.54) is 10.7 Å². The summed E-state index contributed by atoms with van der Waals surface area (Å²) < 4.78 is 63.2. The Morgan fingerprint density at radius 1 is 1.37 bits per heavy atom. The fraction of sp³-hybridized carbons (Fsp3) is 0.375. The van der Waals surface area contributed by atoms with Crippen molar-refractivity contribution in [3.05, 3.63) is 50.4 Å². The number of benzene rings is 1. The molecule has 11 heteroatoms. The number of aryl methyl sites for hydroxylation is 1. The van der Waals surface area contributed by atoms with Crippen LogP contribution in [0.5, 0.6) is 0 Å². The maximum Gasteiger partial charge on any atom is 0.417 e. The molecule has 1 atom stereocenters. The van der Waals surface area contributed by atoms with Crippen LogP contribution in [0.1, 0.15) is 29.3 Å². The lowest BCUT2D eigenvalue weighted by molar-refractivity contribution is -0.137. The van der Waals surface area contributed by atoms with Gasteiger partial charge >= 0.3 is 6.18 Å². The Kier molecular flexibility index (Phi) is 4.98. The number of nitrogens with one attached hydrogen (secondary N) is 1. The molecule has 2 heterocycles. The van der Waals surface area contributed by atoms with Crippen LogP contribution >= 0.6 is 11.6 Å². The van der Waals surface area contributed by atoms with Gasteiger partial charge in [0.05, 0.1) is 39.4 Å². The lowest BCUT2D eigenvalue weighted by atomic mass is 10.2. The number of rotatable bonds is 3. The van der Waals surface area contributed by atoms with E-state index in [2.05, 4.69) is 10.1 Å². The Morgan fingerprint density at radius 2 is 2.07 bits per heavy atom. The smallest absolute Gasteiger partial charge is 0.299 e. The first-order valence-electron chi connectivity index (χ1n) is 7.90. The summed E-state index contributed by atoms with van der Waals surface area (Å²) in [6, 6.07) is 2.69. The molecule has 0 spiro atoms. The zero-order valence-electron chi connectivity index (χ0n) is 14.0. The number of sulfone groups is 1. The molecule has 27 heavy (non-hydrogen) atoms. The first-order chi connectivity index (χ1) is 12.5. The molecule has 1 N–H and O–H groups in total. The maximum atomic E-state index is 12.9. The van der Waals surface area contributed by atoms with Gasteiger partial charge in [0.25, 0.3) is 5.56 Å². The Hall–Kier alpha value is -2.07. The van der Waals surface area contributed by atoms with Crippen LogP contribution in [-0.2, 0) is 16.0 Å². The minimum absolute atomic E-state index is 0.0105. The summed E-state index contributed by atoms with van der Waals surface area (Å²) >= 11 is 5.57. The molecule has 1 aromatic carbocycles. The minimum atomic E-state index is -4.62. The molecule has 1 aliphatic heterocycles. The normalized spacial score (nSPS) is 19.8. The average molecular weight is 422 g/mol. The summed E-state index contributed by atoms with van der Waals surface area (Å²) in [7, 11) is -3.17. The lowest BCUT2D eigenvalue weighted by Gasteiger charge is -2.08. The van der Waals surface area contributed by atoms with Crippen LogP contribution in [0.2, 0.25) is 5.02 Å². The molecule has 2 aromatic rings. The SMILES string of the molecule is Cc1[nH]n([C@H]2CCS(=O)(=O)C2)c(=O)c1C=Nc1ccc(Cl)c(C(F)(F)F)c1. The van der Waals surface area contributed by atoms with Crippen LogP contribution in [0.15, 0.2) is 28.0 Å². The quantitative estimate of drug-likeness (QED) is 0.772. The van der Waals surface area contributed by atoms with Crippen LogP contribution in [0.4, 0.5) is 18.9 Å². The Morgan fingerprint density at radius 3 is 2.67 bits per heavy atom. The minimum Gasteiger partial charge on any atom is -0.299 e. The summed E-state index contributed by atoms with van der Waals surface area (Å²) in [5.74, 6) is -0.119. The first kappa shape index (κ1) is 19.7. The maximum absolute atomic E-state index is 12.9. The summed E-state index contributed by atoms with van der Waals surface area (Å²) in [5.41, 5.74) is -0.899. The van der Waals surface area contributed by atoms with Gasteiger partial charge in [0, 0.05) is 11.9 Å². The fourth-order valence-corrected chi connectivity index (χ4v) is 4.84. The number of aromatic nitrogens is 2. The van der Waals surface area contributed by atoms with E-state index < -0.39 is 38.2 Å².